The first-order chi connectivity index (χ1) is 26.2. The van der Waals surface area contributed by atoms with E-state index in [4.69, 9.17) is 4.98 Å². The predicted molar refractivity (Wildman–Crippen MR) is 243 cm³/mol. The van der Waals surface area contributed by atoms with Gasteiger partial charge in [-0.1, -0.05) is 131 Å². The molecule has 4 aromatic carbocycles. The molecule has 1 radical (unpaired) electrons. The quantitative estimate of drug-likeness (QED) is 0.0939. The van der Waals surface area contributed by atoms with Gasteiger partial charge in [-0.05, 0) is 94.9 Å². The minimum absolute atomic E-state index is 0. The van der Waals surface area contributed by atoms with Crippen LogP contribution in [0.5, 0.6) is 0 Å². The predicted octanol–water partition coefficient (Wildman–Crippen LogP) is 15.5. The van der Waals surface area contributed by atoms with Gasteiger partial charge < -0.3 is 5.11 Å². The van der Waals surface area contributed by atoms with Crippen LogP contribution in [0.3, 0.4) is 0 Å². The van der Waals surface area contributed by atoms with E-state index in [0.29, 0.717) is 0 Å². The first-order valence-electron chi connectivity index (χ1n) is 20.9. The van der Waals surface area contributed by atoms with Crippen LogP contribution in [0.1, 0.15) is 145 Å². The molecule has 2 heterocycles. The van der Waals surface area contributed by atoms with E-state index < -0.39 is 0 Å². The number of aliphatic hydroxyl groups excluding tert-OH is 1. The Balaban J connectivity index is 0.000000295. The molecule has 2 aromatic heterocycles. The summed E-state index contributed by atoms with van der Waals surface area (Å²) in [5.41, 5.74) is 6.33. The number of hydrogen-bond acceptors (Lipinski definition) is 4. The molecule has 0 saturated heterocycles. The van der Waals surface area contributed by atoms with Crippen LogP contribution in [0.15, 0.2) is 78.7 Å². The van der Waals surface area contributed by atoms with Crippen LogP contribution in [0.4, 0.5) is 0 Å². The van der Waals surface area contributed by atoms with Gasteiger partial charge in [0.05, 0.1) is 0 Å². The van der Waals surface area contributed by atoms with Crippen molar-refractivity contribution >= 4 is 58.8 Å². The molecule has 1 aliphatic rings. The fourth-order valence-electron chi connectivity index (χ4n) is 8.42. The van der Waals surface area contributed by atoms with Crippen molar-refractivity contribution in [3.8, 4) is 11.3 Å². The van der Waals surface area contributed by atoms with Crippen molar-refractivity contribution in [3.05, 3.63) is 101 Å². The van der Waals surface area contributed by atoms with E-state index in [2.05, 4.69) is 115 Å². The van der Waals surface area contributed by atoms with Gasteiger partial charge in [-0.2, -0.15) is 0 Å². The van der Waals surface area contributed by atoms with Gasteiger partial charge in [0.1, 0.15) is 5.76 Å². The Hall–Kier alpha value is -3.37. The number of carbonyl (C=O) groups excluding carboxylic acids is 1. The second-order valence-electron chi connectivity index (χ2n) is 19.3. The van der Waals surface area contributed by atoms with Crippen molar-refractivity contribution in [2.45, 2.75) is 145 Å². The van der Waals surface area contributed by atoms with E-state index in [1.165, 1.54) is 71.9 Å². The Kier molecular flexibility index (Phi) is 12.8. The molecule has 0 atom stereocenters. The summed E-state index contributed by atoms with van der Waals surface area (Å²) in [5, 5.41) is 17.8. The number of thiophene rings is 1. The van der Waals surface area contributed by atoms with Crippen LogP contribution in [0.25, 0.3) is 53.0 Å². The second kappa shape index (κ2) is 16.4. The van der Waals surface area contributed by atoms with Gasteiger partial charge in [-0.25, -0.2) is 0 Å². The Morgan fingerprint density at radius 1 is 0.754 bits per heavy atom. The van der Waals surface area contributed by atoms with E-state index >= 15 is 0 Å². The number of nitrogens with zero attached hydrogens (tertiary/aromatic N) is 1. The number of hydrogen-bond donors (Lipinski definition) is 1. The maximum Gasteiger partial charge on any atom is 0.164 e. The number of rotatable bonds is 8. The minimum atomic E-state index is -0.337. The van der Waals surface area contributed by atoms with Crippen molar-refractivity contribution in [1.82, 2.24) is 4.98 Å². The summed E-state index contributed by atoms with van der Waals surface area (Å²) in [6, 6.07) is 26.5. The van der Waals surface area contributed by atoms with Crippen molar-refractivity contribution in [3.63, 3.8) is 0 Å². The summed E-state index contributed by atoms with van der Waals surface area (Å²) in [4.78, 5) is 17.1. The molecule has 1 N–H and O–H groups in total. The third-order valence-electron chi connectivity index (χ3n) is 13.8. The van der Waals surface area contributed by atoms with Gasteiger partial charge in [0.15, 0.2) is 5.78 Å². The first-order valence-corrected chi connectivity index (χ1v) is 21.8. The van der Waals surface area contributed by atoms with Crippen molar-refractivity contribution < 1.29 is 30.0 Å². The number of aromatic nitrogens is 1. The summed E-state index contributed by atoms with van der Waals surface area (Å²) < 4.78 is 2.76. The molecule has 57 heavy (non-hydrogen) atoms. The van der Waals surface area contributed by atoms with Gasteiger partial charge >= 0.3 is 0 Å². The molecule has 5 heteroatoms. The van der Waals surface area contributed by atoms with Gasteiger partial charge in [-0.15, -0.1) is 40.5 Å². The van der Waals surface area contributed by atoms with Crippen molar-refractivity contribution in [2.75, 3.05) is 0 Å². The first kappa shape index (κ1) is 44.7. The fraction of sp³-hybridized carbons (Fsp3) is 0.462. The van der Waals surface area contributed by atoms with Crippen LogP contribution in [-0.2, 0) is 41.1 Å². The van der Waals surface area contributed by atoms with Crippen LogP contribution >= 0.6 is 11.3 Å². The molecule has 6 aromatic rings. The average molecular weight is 959 g/mol. The molecule has 0 saturated carbocycles. The molecule has 1 aliphatic carbocycles. The smallest absolute Gasteiger partial charge is 0.164 e. The maximum absolute atomic E-state index is 12.2. The van der Waals surface area contributed by atoms with Crippen molar-refractivity contribution in [2.24, 2.45) is 10.8 Å². The Morgan fingerprint density at radius 2 is 1.32 bits per heavy atom. The number of aliphatic hydroxyl groups is 1. The average Bonchev–Trinajstić information content (AvgIpc) is 3.56. The van der Waals surface area contributed by atoms with Crippen molar-refractivity contribution in [1.29, 1.82) is 0 Å². The molecule has 305 valence electrons. The summed E-state index contributed by atoms with van der Waals surface area (Å²) in [7, 11) is 0. The number of ketones is 1. The third-order valence-corrected chi connectivity index (χ3v) is 15.0. The number of fused-ring (bicyclic) bond motifs is 7. The molecule has 0 fully saturated rings. The fourth-order valence-corrected chi connectivity index (χ4v) is 9.68. The molecule has 3 nitrogen and oxygen atoms in total. The topological polar surface area (TPSA) is 50.2 Å². The van der Waals surface area contributed by atoms with Crippen LogP contribution in [0, 0.1) is 16.9 Å². The normalized spacial score (nSPS) is 15.6. The van der Waals surface area contributed by atoms with E-state index in [-0.39, 0.29) is 58.7 Å². The second-order valence-corrected chi connectivity index (χ2v) is 20.3. The zero-order valence-electron chi connectivity index (χ0n) is 36.7. The molecule has 0 spiro atoms. The van der Waals surface area contributed by atoms with Crippen LogP contribution in [-0.4, -0.2) is 15.9 Å². The zero-order chi connectivity index (χ0) is 41.0. The monoisotopic (exact) mass is 959 g/mol. The summed E-state index contributed by atoms with van der Waals surface area (Å²) >= 11 is 1.94. The summed E-state index contributed by atoms with van der Waals surface area (Å²) in [5.74, 6) is 0.286. The number of benzene rings is 4. The maximum atomic E-state index is 12.2. The Morgan fingerprint density at radius 3 is 1.91 bits per heavy atom. The molecule has 7 rings (SSSR count). The third kappa shape index (κ3) is 8.28. The molecule has 0 unspecified atom stereocenters. The summed E-state index contributed by atoms with van der Waals surface area (Å²) in [6.07, 6.45) is 9.21. The molecule has 0 aliphatic heterocycles. The zero-order valence-corrected chi connectivity index (χ0v) is 39.9. The van der Waals surface area contributed by atoms with Crippen LogP contribution < -0.4 is 0 Å². The van der Waals surface area contributed by atoms with Gasteiger partial charge in [0.25, 0.3) is 0 Å². The Labute approximate surface area is 360 Å². The van der Waals surface area contributed by atoms with E-state index in [0.717, 1.165) is 42.3 Å². The largest absolute Gasteiger partial charge is 0.512 e. The van der Waals surface area contributed by atoms with Gasteiger partial charge in [0, 0.05) is 69.1 Å². The van der Waals surface area contributed by atoms with Gasteiger partial charge in [-0.3, -0.25) is 9.78 Å². The van der Waals surface area contributed by atoms with E-state index in [1.807, 2.05) is 59.1 Å². The summed E-state index contributed by atoms with van der Waals surface area (Å²) in [6.45, 7) is 28.6. The number of carbonyl (C=O) groups is 1. The van der Waals surface area contributed by atoms with E-state index in [9.17, 15) is 9.90 Å². The molecule has 0 bridgehead atoms. The van der Waals surface area contributed by atoms with E-state index in [1.54, 1.807) is 0 Å². The van der Waals surface area contributed by atoms with Gasteiger partial charge in [0.2, 0.25) is 0 Å². The number of allylic oxidation sites excluding steroid dienone is 2. The van der Waals surface area contributed by atoms with Crippen LogP contribution in [0.2, 0.25) is 0 Å². The molecular weight excluding hydrogens is 895 g/mol. The SMILES string of the molecule is CC(C)(C)c1cc(-c2nccc3c2ccc2c4cc5c(cc4sc32)C(C)(C)CCC5(C)C)[c-]c2ccccc12.CCC(C)(CC)C(=O)/C=C(\O)C(C)(CC)CC.[Ir]. The minimum Gasteiger partial charge on any atom is -0.512 e. The number of pyridine rings is 1. The molecule has 0 amide bonds. The Bertz CT molecular complexity index is 2470. The standard InChI is InChI=1S/C37H36NS.C15H28O2.Ir/c1-35(2,3)29-19-23(18-22-10-8-9-11-24(22)29)33-25-12-13-26-28-20-30-31(37(6,7)16-15-36(30,4)5)21-32(28)39-34(26)27(25)14-17-38-33;1-7-14(5,8-2)12(16)11-13(17)15(6,9-3)10-4;/h8-14,17,19-21H,15-16H2,1-7H3;11,16H,7-10H2,1-6H3;/q-1;;/b;12-11-;. The molecular formula is C52H64IrNO2S-.